The molecule has 0 aliphatic carbocycles. The second-order valence-electron chi connectivity index (χ2n) is 3.25. The summed E-state index contributed by atoms with van der Waals surface area (Å²) in [5.41, 5.74) is 1.06. The summed E-state index contributed by atoms with van der Waals surface area (Å²) in [6.07, 6.45) is -1.15. The Morgan fingerprint density at radius 3 is 2.50 bits per heavy atom. The van der Waals surface area contributed by atoms with Gasteiger partial charge in [-0.1, -0.05) is 30.3 Å². The van der Waals surface area contributed by atoms with E-state index in [0.29, 0.717) is 6.61 Å². The predicted octanol–water partition coefficient (Wildman–Crippen LogP) is 0.945. The van der Waals surface area contributed by atoms with E-state index in [2.05, 4.69) is 0 Å². The van der Waals surface area contributed by atoms with Crippen LogP contribution in [-0.4, -0.2) is 29.0 Å². The zero-order valence-corrected chi connectivity index (χ0v) is 8.26. The number of aliphatic hydroxyl groups is 2. The van der Waals surface area contributed by atoms with Gasteiger partial charge >= 0.3 is 0 Å². The molecule has 1 aromatic rings. The molecular formula is C11H16O3. The van der Waals surface area contributed by atoms with Gasteiger partial charge in [0.05, 0.1) is 19.3 Å². The van der Waals surface area contributed by atoms with Crippen LogP contribution in [0.5, 0.6) is 0 Å². The second kappa shape index (κ2) is 5.75. The Morgan fingerprint density at radius 2 is 1.93 bits per heavy atom. The number of aliphatic hydroxyl groups excluding tert-OH is 2. The fraction of sp³-hybridized carbons (Fsp3) is 0.455. The molecule has 0 radical (unpaired) electrons. The Labute approximate surface area is 84.0 Å². The first-order valence-electron chi connectivity index (χ1n) is 4.68. The van der Waals surface area contributed by atoms with Crippen molar-refractivity contribution < 1.29 is 14.9 Å². The first-order valence-corrected chi connectivity index (χ1v) is 4.68. The summed E-state index contributed by atoms with van der Waals surface area (Å²) >= 11 is 0. The van der Waals surface area contributed by atoms with Gasteiger partial charge in [0.15, 0.2) is 0 Å². The largest absolute Gasteiger partial charge is 0.394 e. The normalized spacial score (nSPS) is 15.1. The maximum Gasteiger partial charge on any atom is 0.103 e. The van der Waals surface area contributed by atoms with Crippen LogP contribution in [0.15, 0.2) is 30.3 Å². The highest BCUT2D eigenvalue weighted by atomic mass is 16.5. The van der Waals surface area contributed by atoms with Gasteiger partial charge in [-0.25, -0.2) is 0 Å². The maximum absolute atomic E-state index is 9.23. The molecule has 0 heterocycles. The number of hydrogen-bond acceptors (Lipinski definition) is 3. The fourth-order valence-corrected chi connectivity index (χ4v) is 1.06. The molecule has 0 amide bonds. The average Bonchev–Trinajstić information content (AvgIpc) is 2.26. The molecule has 2 N–H and O–H groups in total. The smallest absolute Gasteiger partial charge is 0.103 e. The van der Waals surface area contributed by atoms with Crippen LogP contribution in [0.4, 0.5) is 0 Å². The lowest BCUT2D eigenvalue weighted by Crippen LogP contribution is -2.29. The molecular weight excluding hydrogens is 180 g/mol. The van der Waals surface area contributed by atoms with Crippen molar-refractivity contribution in [2.24, 2.45) is 0 Å². The predicted molar refractivity (Wildman–Crippen MR) is 53.8 cm³/mol. The maximum atomic E-state index is 9.23. The van der Waals surface area contributed by atoms with E-state index >= 15 is 0 Å². The van der Waals surface area contributed by atoms with E-state index < -0.39 is 6.10 Å². The standard InChI is InChI=1S/C11H16O3/c1-9(11(13)7-12)14-8-10-5-3-2-4-6-10/h2-6,9,11-13H,7-8H2,1H3/t9-,11+/m1/s1. The van der Waals surface area contributed by atoms with Gasteiger partial charge in [-0.2, -0.15) is 0 Å². The highest BCUT2D eigenvalue weighted by Crippen LogP contribution is 2.05. The van der Waals surface area contributed by atoms with Gasteiger partial charge in [-0.05, 0) is 12.5 Å². The molecule has 0 aliphatic heterocycles. The Balaban J connectivity index is 2.34. The zero-order valence-electron chi connectivity index (χ0n) is 8.26. The third-order valence-electron chi connectivity index (χ3n) is 2.08. The lowest BCUT2D eigenvalue weighted by molar-refractivity contribution is -0.0551. The molecule has 0 spiro atoms. The lowest BCUT2D eigenvalue weighted by Gasteiger charge is -2.17. The van der Waals surface area contributed by atoms with Crippen molar-refractivity contribution in [1.82, 2.24) is 0 Å². The van der Waals surface area contributed by atoms with Gasteiger partial charge in [0, 0.05) is 0 Å². The first-order chi connectivity index (χ1) is 6.74. The van der Waals surface area contributed by atoms with Crippen molar-refractivity contribution in [3.63, 3.8) is 0 Å². The SMILES string of the molecule is C[C@@H](OCc1ccccc1)[C@@H](O)CO. The van der Waals surface area contributed by atoms with Crippen molar-refractivity contribution in [2.75, 3.05) is 6.61 Å². The van der Waals surface area contributed by atoms with Crippen LogP contribution >= 0.6 is 0 Å². The Hall–Kier alpha value is -0.900. The molecule has 0 saturated carbocycles. The van der Waals surface area contributed by atoms with Gasteiger partial charge in [0.2, 0.25) is 0 Å². The van der Waals surface area contributed by atoms with E-state index in [1.165, 1.54) is 0 Å². The topological polar surface area (TPSA) is 49.7 Å². The highest BCUT2D eigenvalue weighted by Gasteiger charge is 2.12. The zero-order chi connectivity index (χ0) is 10.4. The van der Waals surface area contributed by atoms with Crippen LogP contribution in [0.3, 0.4) is 0 Å². The fourth-order valence-electron chi connectivity index (χ4n) is 1.06. The van der Waals surface area contributed by atoms with Gasteiger partial charge in [-0.15, -0.1) is 0 Å². The van der Waals surface area contributed by atoms with Crippen LogP contribution in [0.25, 0.3) is 0 Å². The summed E-state index contributed by atoms with van der Waals surface area (Å²) in [5, 5.41) is 17.9. The summed E-state index contributed by atoms with van der Waals surface area (Å²) in [6.45, 7) is 1.93. The van der Waals surface area contributed by atoms with Gasteiger partial charge in [0.1, 0.15) is 6.10 Å². The molecule has 0 unspecified atom stereocenters. The lowest BCUT2D eigenvalue weighted by atomic mass is 10.2. The molecule has 1 rings (SSSR count). The van der Waals surface area contributed by atoms with E-state index in [4.69, 9.17) is 9.84 Å². The number of rotatable bonds is 5. The summed E-state index contributed by atoms with van der Waals surface area (Å²) in [6, 6.07) is 9.73. The van der Waals surface area contributed by atoms with Gasteiger partial charge < -0.3 is 14.9 Å². The van der Waals surface area contributed by atoms with Crippen LogP contribution in [0.2, 0.25) is 0 Å². The Morgan fingerprint density at radius 1 is 1.29 bits per heavy atom. The molecule has 2 atom stereocenters. The minimum absolute atomic E-state index is 0.268. The summed E-state index contributed by atoms with van der Waals surface area (Å²) in [4.78, 5) is 0. The number of benzene rings is 1. The van der Waals surface area contributed by atoms with Crippen molar-refractivity contribution in [1.29, 1.82) is 0 Å². The van der Waals surface area contributed by atoms with Crippen molar-refractivity contribution >= 4 is 0 Å². The quantitative estimate of drug-likeness (QED) is 0.737. The van der Waals surface area contributed by atoms with Crippen LogP contribution in [-0.2, 0) is 11.3 Å². The summed E-state index contributed by atoms with van der Waals surface area (Å²) in [5.74, 6) is 0. The third-order valence-corrected chi connectivity index (χ3v) is 2.08. The Bertz CT molecular complexity index is 248. The summed E-state index contributed by atoms with van der Waals surface area (Å²) in [7, 11) is 0. The average molecular weight is 196 g/mol. The Kier molecular flexibility index (Phi) is 4.59. The highest BCUT2D eigenvalue weighted by molar-refractivity contribution is 5.13. The molecule has 1 aromatic carbocycles. The molecule has 3 heteroatoms. The van der Waals surface area contributed by atoms with Gasteiger partial charge in [0.25, 0.3) is 0 Å². The van der Waals surface area contributed by atoms with Crippen LogP contribution in [0, 0.1) is 0 Å². The molecule has 3 nitrogen and oxygen atoms in total. The van der Waals surface area contributed by atoms with Crippen molar-refractivity contribution in [2.45, 2.75) is 25.7 Å². The number of ether oxygens (including phenoxy) is 1. The first kappa shape index (κ1) is 11.2. The molecule has 0 aromatic heterocycles. The summed E-state index contributed by atoms with van der Waals surface area (Å²) < 4.78 is 5.37. The van der Waals surface area contributed by atoms with Crippen LogP contribution < -0.4 is 0 Å². The third kappa shape index (κ3) is 3.46. The van der Waals surface area contributed by atoms with E-state index in [1.807, 2.05) is 30.3 Å². The van der Waals surface area contributed by atoms with Gasteiger partial charge in [-0.3, -0.25) is 0 Å². The van der Waals surface area contributed by atoms with E-state index in [9.17, 15) is 5.11 Å². The molecule has 0 fully saturated rings. The molecule has 0 bridgehead atoms. The van der Waals surface area contributed by atoms with Crippen LogP contribution in [0.1, 0.15) is 12.5 Å². The molecule has 0 aliphatic rings. The molecule has 14 heavy (non-hydrogen) atoms. The number of hydrogen-bond donors (Lipinski definition) is 2. The van der Waals surface area contributed by atoms with E-state index in [-0.39, 0.29) is 12.7 Å². The van der Waals surface area contributed by atoms with Crippen molar-refractivity contribution in [3.05, 3.63) is 35.9 Å². The monoisotopic (exact) mass is 196 g/mol. The van der Waals surface area contributed by atoms with Crippen molar-refractivity contribution in [3.8, 4) is 0 Å². The minimum Gasteiger partial charge on any atom is -0.394 e. The van der Waals surface area contributed by atoms with E-state index in [1.54, 1.807) is 6.92 Å². The minimum atomic E-state index is -0.807. The van der Waals surface area contributed by atoms with E-state index in [0.717, 1.165) is 5.56 Å². The second-order valence-corrected chi connectivity index (χ2v) is 3.25. The molecule has 78 valence electrons. The molecule has 0 saturated heterocycles.